The number of nitrogens with one attached hydrogen (secondary N) is 1. The number of nitrogens with zero attached hydrogens (tertiary/aromatic N) is 3. The number of amides is 2. The Morgan fingerprint density at radius 3 is 2.61 bits per heavy atom. The highest BCUT2D eigenvalue weighted by molar-refractivity contribution is 5.95. The zero-order valence-electron chi connectivity index (χ0n) is 18.9. The number of hydrogen-bond donors (Lipinski definition) is 2. The Labute approximate surface area is 183 Å². The first-order chi connectivity index (χ1) is 14.6. The fourth-order valence-corrected chi connectivity index (χ4v) is 3.99. The normalized spacial score (nSPS) is 19.0. The number of ether oxygens (including phenoxy) is 2. The minimum absolute atomic E-state index is 0.0347. The summed E-state index contributed by atoms with van der Waals surface area (Å²) in [6.07, 6.45) is 1.55. The number of likely N-dealkylation sites (tertiary alicyclic amines) is 1. The molecule has 1 saturated heterocycles. The van der Waals surface area contributed by atoms with Crippen LogP contribution >= 0.6 is 0 Å². The van der Waals surface area contributed by atoms with E-state index in [4.69, 9.17) is 9.47 Å². The van der Waals surface area contributed by atoms with E-state index in [2.05, 4.69) is 15.2 Å². The predicted octanol–water partition coefficient (Wildman–Crippen LogP) is 1.72. The van der Waals surface area contributed by atoms with Crippen molar-refractivity contribution in [2.45, 2.75) is 64.2 Å². The molecule has 9 heteroatoms. The molecule has 3 heterocycles. The summed E-state index contributed by atoms with van der Waals surface area (Å²) < 4.78 is 10.5. The van der Waals surface area contributed by atoms with Crippen molar-refractivity contribution in [2.24, 2.45) is 0 Å². The van der Waals surface area contributed by atoms with Gasteiger partial charge in [-0.25, -0.2) is 4.79 Å². The molecule has 2 aliphatic heterocycles. The van der Waals surface area contributed by atoms with E-state index in [1.807, 2.05) is 26.8 Å². The molecule has 3 rings (SSSR count). The molecule has 1 aromatic rings. The topological polar surface area (TPSA) is 104 Å². The van der Waals surface area contributed by atoms with Gasteiger partial charge in [0.2, 0.25) is 11.8 Å². The maximum atomic E-state index is 12.5. The van der Waals surface area contributed by atoms with E-state index < -0.39 is 17.8 Å². The molecule has 0 aliphatic carbocycles. The standard InChI is InChI=1S/C22H34N4O5/c1-22(2,3)31-21(29)23-16-9-11-25(12-10-16)13-17(27)14-26-19(28)8-6-15-5-7-18(30-4)24-20(15)26/h5,7,16-17,27H,6,8-14H2,1-4H3,(H,23,29)/t17-/m1/s1. The number of hydrogen-bond acceptors (Lipinski definition) is 7. The van der Waals surface area contributed by atoms with E-state index in [0.717, 1.165) is 31.5 Å². The molecule has 0 bridgehead atoms. The summed E-state index contributed by atoms with van der Waals surface area (Å²) in [5.74, 6) is 0.995. The van der Waals surface area contributed by atoms with Gasteiger partial charge in [0.15, 0.2) is 0 Å². The zero-order valence-corrected chi connectivity index (χ0v) is 18.9. The number of carbonyl (C=O) groups excluding carboxylic acids is 2. The molecule has 0 saturated carbocycles. The highest BCUT2D eigenvalue weighted by atomic mass is 16.6. The largest absolute Gasteiger partial charge is 0.481 e. The number of rotatable bonds is 6. The Morgan fingerprint density at radius 1 is 1.26 bits per heavy atom. The molecule has 1 fully saturated rings. The molecule has 0 radical (unpaired) electrons. The molecule has 0 spiro atoms. The summed E-state index contributed by atoms with van der Waals surface area (Å²) in [7, 11) is 1.54. The molecule has 2 N–H and O–H groups in total. The Kier molecular flexibility index (Phi) is 7.38. The zero-order chi connectivity index (χ0) is 22.6. The minimum Gasteiger partial charge on any atom is -0.481 e. The van der Waals surface area contributed by atoms with E-state index in [0.29, 0.717) is 31.1 Å². The quantitative estimate of drug-likeness (QED) is 0.702. The fraction of sp³-hybridized carbons (Fsp3) is 0.682. The summed E-state index contributed by atoms with van der Waals surface area (Å²) >= 11 is 0. The van der Waals surface area contributed by atoms with Crippen molar-refractivity contribution in [3.63, 3.8) is 0 Å². The third-order valence-corrected chi connectivity index (χ3v) is 5.48. The number of aromatic nitrogens is 1. The second-order valence-corrected chi connectivity index (χ2v) is 9.22. The number of anilines is 1. The van der Waals surface area contributed by atoms with Crippen molar-refractivity contribution >= 4 is 17.8 Å². The minimum atomic E-state index is -0.696. The number of aryl methyl sites for hydroxylation is 1. The van der Waals surface area contributed by atoms with Crippen LogP contribution in [-0.4, -0.2) is 78.0 Å². The van der Waals surface area contributed by atoms with Crippen LogP contribution in [0.4, 0.5) is 10.6 Å². The summed E-state index contributed by atoms with van der Waals surface area (Å²) in [5, 5.41) is 13.6. The first-order valence-electron chi connectivity index (χ1n) is 10.9. The van der Waals surface area contributed by atoms with Gasteiger partial charge in [-0.05, 0) is 51.7 Å². The van der Waals surface area contributed by atoms with Crippen molar-refractivity contribution < 1.29 is 24.2 Å². The lowest BCUT2D eigenvalue weighted by Gasteiger charge is -2.35. The average molecular weight is 435 g/mol. The molecule has 1 atom stereocenters. The van der Waals surface area contributed by atoms with Crippen LogP contribution in [0.2, 0.25) is 0 Å². The lowest BCUT2D eigenvalue weighted by Crippen LogP contribution is -2.49. The predicted molar refractivity (Wildman–Crippen MR) is 116 cm³/mol. The van der Waals surface area contributed by atoms with Crippen molar-refractivity contribution in [1.29, 1.82) is 0 Å². The number of aliphatic hydroxyl groups excluding tert-OH is 1. The smallest absolute Gasteiger partial charge is 0.407 e. The monoisotopic (exact) mass is 434 g/mol. The molecule has 9 nitrogen and oxygen atoms in total. The summed E-state index contributed by atoms with van der Waals surface area (Å²) in [6, 6.07) is 3.78. The van der Waals surface area contributed by atoms with Gasteiger partial charge in [-0.2, -0.15) is 4.98 Å². The number of alkyl carbamates (subject to hydrolysis) is 1. The molecular weight excluding hydrogens is 400 g/mol. The van der Waals surface area contributed by atoms with Gasteiger partial charge < -0.3 is 24.8 Å². The number of aliphatic hydroxyl groups is 1. The maximum Gasteiger partial charge on any atom is 0.407 e. The number of methoxy groups -OCH3 is 1. The van der Waals surface area contributed by atoms with E-state index in [1.54, 1.807) is 18.1 Å². The van der Waals surface area contributed by atoms with Gasteiger partial charge in [0.25, 0.3) is 0 Å². The van der Waals surface area contributed by atoms with Gasteiger partial charge in [0.05, 0.1) is 19.8 Å². The number of fused-ring (bicyclic) bond motifs is 1. The molecular formula is C22H34N4O5. The third kappa shape index (κ3) is 6.54. The van der Waals surface area contributed by atoms with Gasteiger partial charge in [-0.1, -0.05) is 0 Å². The molecule has 0 unspecified atom stereocenters. The van der Waals surface area contributed by atoms with Crippen LogP contribution in [-0.2, 0) is 16.0 Å². The van der Waals surface area contributed by atoms with Crippen molar-refractivity contribution in [1.82, 2.24) is 15.2 Å². The average Bonchev–Trinajstić information content (AvgIpc) is 2.70. The Morgan fingerprint density at radius 2 is 1.97 bits per heavy atom. The van der Waals surface area contributed by atoms with Gasteiger partial charge in [0.1, 0.15) is 11.4 Å². The van der Waals surface area contributed by atoms with E-state index in [-0.39, 0.29) is 18.5 Å². The maximum absolute atomic E-state index is 12.5. The van der Waals surface area contributed by atoms with Gasteiger partial charge in [0, 0.05) is 38.2 Å². The summed E-state index contributed by atoms with van der Waals surface area (Å²) in [5.41, 5.74) is 0.472. The number of β-amino-alcohol motifs (C(OH)–C–C–N with tert-alkyl or cyclic N) is 1. The molecule has 2 amide bonds. The summed E-state index contributed by atoms with van der Waals surface area (Å²) in [4.78, 5) is 32.6. The van der Waals surface area contributed by atoms with Gasteiger partial charge in [-0.3, -0.25) is 9.69 Å². The SMILES string of the molecule is COc1ccc2c(n1)N(C[C@H](O)CN1CCC(NC(=O)OC(C)(C)C)CC1)C(=O)CC2. The van der Waals surface area contributed by atoms with E-state index in [1.165, 1.54) is 0 Å². The van der Waals surface area contributed by atoms with Crippen LogP contribution < -0.4 is 15.0 Å². The third-order valence-electron chi connectivity index (χ3n) is 5.48. The van der Waals surface area contributed by atoms with Crippen LogP contribution in [0.3, 0.4) is 0 Å². The van der Waals surface area contributed by atoms with Crippen LogP contribution in [0.25, 0.3) is 0 Å². The van der Waals surface area contributed by atoms with Crippen LogP contribution in [0, 0.1) is 0 Å². The van der Waals surface area contributed by atoms with Crippen LogP contribution in [0.1, 0.15) is 45.6 Å². The van der Waals surface area contributed by atoms with Crippen molar-refractivity contribution in [3.8, 4) is 5.88 Å². The first-order valence-corrected chi connectivity index (χ1v) is 10.9. The molecule has 31 heavy (non-hydrogen) atoms. The second kappa shape index (κ2) is 9.82. The number of carbonyl (C=O) groups is 2. The van der Waals surface area contributed by atoms with E-state index in [9.17, 15) is 14.7 Å². The molecule has 1 aromatic heterocycles. The highest BCUT2D eigenvalue weighted by Gasteiger charge is 2.29. The van der Waals surface area contributed by atoms with Crippen LogP contribution in [0.5, 0.6) is 5.88 Å². The highest BCUT2D eigenvalue weighted by Crippen LogP contribution is 2.28. The Hall–Kier alpha value is -2.39. The molecule has 172 valence electrons. The lowest BCUT2D eigenvalue weighted by molar-refractivity contribution is -0.119. The molecule has 2 aliphatic rings. The van der Waals surface area contributed by atoms with Crippen LogP contribution in [0.15, 0.2) is 12.1 Å². The van der Waals surface area contributed by atoms with Crippen molar-refractivity contribution in [3.05, 3.63) is 17.7 Å². The Balaban J connectivity index is 1.49. The summed E-state index contributed by atoms with van der Waals surface area (Å²) in [6.45, 7) is 7.70. The lowest BCUT2D eigenvalue weighted by atomic mass is 10.0. The fourth-order valence-electron chi connectivity index (χ4n) is 3.99. The van der Waals surface area contributed by atoms with Crippen molar-refractivity contribution in [2.75, 3.05) is 38.2 Å². The number of pyridine rings is 1. The first kappa shape index (κ1) is 23.3. The Bertz CT molecular complexity index is 787. The second-order valence-electron chi connectivity index (χ2n) is 9.22. The number of piperidine rings is 1. The van der Waals surface area contributed by atoms with Gasteiger partial charge >= 0.3 is 6.09 Å². The molecule has 0 aromatic carbocycles. The van der Waals surface area contributed by atoms with Gasteiger partial charge in [-0.15, -0.1) is 0 Å². The van der Waals surface area contributed by atoms with E-state index >= 15 is 0 Å².